The van der Waals surface area contributed by atoms with Crippen LogP contribution in [0.3, 0.4) is 0 Å². The second kappa shape index (κ2) is 7.28. The summed E-state index contributed by atoms with van der Waals surface area (Å²) in [4.78, 5) is 0. The lowest BCUT2D eigenvalue weighted by Crippen LogP contribution is -2.37. The minimum atomic E-state index is -0.605. The summed E-state index contributed by atoms with van der Waals surface area (Å²) in [7, 11) is 4.92. The monoisotopic (exact) mass is 277 g/mol. The van der Waals surface area contributed by atoms with E-state index in [-0.39, 0.29) is 5.92 Å². The summed E-state index contributed by atoms with van der Waals surface area (Å²) in [5.74, 6) is 0.370. The third kappa shape index (κ3) is 3.72. The van der Waals surface area contributed by atoms with E-state index in [0.717, 1.165) is 24.2 Å². The Bertz CT molecular complexity index is 475. The molecule has 0 bridgehead atoms. The number of benzene rings is 1. The lowest BCUT2D eigenvalue weighted by atomic mass is 9.92. The second-order valence-corrected chi connectivity index (χ2v) is 5.00. The van der Waals surface area contributed by atoms with Gasteiger partial charge in [-0.1, -0.05) is 6.92 Å². The smallest absolute Gasteiger partial charge is 0.167 e. The van der Waals surface area contributed by atoms with Gasteiger partial charge >= 0.3 is 0 Å². The average molecular weight is 277 g/mol. The number of rotatable bonds is 7. The van der Waals surface area contributed by atoms with Gasteiger partial charge in [-0.15, -0.1) is 0 Å². The number of nitrogens with zero attached hydrogens (tertiary/aromatic N) is 1. The maximum Gasteiger partial charge on any atom is 0.167 e. The summed E-state index contributed by atoms with van der Waals surface area (Å²) in [6.07, 6.45) is 1.64. The fourth-order valence-corrected chi connectivity index (χ4v) is 2.13. The van der Waals surface area contributed by atoms with E-state index in [0.29, 0.717) is 5.56 Å². The number of hydrogen-bond acceptors (Lipinski definition) is 4. The summed E-state index contributed by atoms with van der Waals surface area (Å²) in [6, 6.07) is 7.74. The first-order chi connectivity index (χ1) is 9.50. The zero-order valence-corrected chi connectivity index (χ0v) is 12.9. The first-order valence-electron chi connectivity index (χ1n) is 6.68. The van der Waals surface area contributed by atoms with Gasteiger partial charge in [-0.2, -0.15) is 5.26 Å². The molecule has 0 saturated heterocycles. The van der Waals surface area contributed by atoms with Crippen LogP contribution in [0, 0.1) is 17.2 Å². The van der Waals surface area contributed by atoms with Gasteiger partial charge in [-0.25, -0.2) is 0 Å². The fraction of sp³-hybridized carbons (Fsp3) is 0.562. The third-order valence-electron chi connectivity index (χ3n) is 3.99. The third-order valence-corrected chi connectivity index (χ3v) is 3.99. The predicted octanol–water partition coefficient (Wildman–Crippen LogP) is 3.14. The van der Waals surface area contributed by atoms with Gasteiger partial charge < -0.3 is 14.2 Å². The van der Waals surface area contributed by atoms with Crippen LogP contribution in [0.25, 0.3) is 0 Å². The SMILES string of the molecule is COc1ccc(C#N)c(CCC(C)C(C)(OC)OC)c1. The van der Waals surface area contributed by atoms with Gasteiger partial charge in [0.25, 0.3) is 0 Å². The molecule has 20 heavy (non-hydrogen) atoms. The molecule has 0 radical (unpaired) electrons. The minimum absolute atomic E-state index is 0.204. The van der Waals surface area contributed by atoms with Crippen LogP contribution in [-0.4, -0.2) is 27.1 Å². The van der Waals surface area contributed by atoms with E-state index in [4.69, 9.17) is 19.5 Å². The maximum atomic E-state index is 9.16. The number of ether oxygens (including phenoxy) is 3. The van der Waals surface area contributed by atoms with Crippen molar-refractivity contribution < 1.29 is 14.2 Å². The van der Waals surface area contributed by atoms with E-state index in [1.165, 1.54) is 0 Å². The molecule has 0 spiro atoms. The summed E-state index contributed by atoms with van der Waals surface area (Å²) in [6.45, 7) is 4.01. The largest absolute Gasteiger partial charge is 0.497 e. The molecule has 110 valence electrons. The minimum Gasteiger partial charge on any atom is -0.497 e. The summed E-state index contributed by atoms with van der Waals surface area (Å²) in [5, 5.41) is 9.16. The Labute approximate surface area is 121 Å². The van der Waals surface area contributed by atoms with Crippen LogP contribution in [0.15, 0.2) is 18.2 Å². The predicted molar refractivity (Wildman–Crippen MR) is 77.6 cm³/mol. The molecule has 0 saturated carbocycles. The molecule has 0 fully saturated rings. The molecule has 0 N–H and O–H groups in total. The van der Waals surface area contributed by atoms with Crippen LogP contribution < -0.4 is 4.74 Å². The Hall–Kier alpha value is -1.57. The first kappa shape index (κ1) is 16.5. The molecule has 1 unspecified atom stereocenters. The zero-order valence-electron chi connectivity index (χ0n) is 12.9. The van der Waals surface area contributed by atoms with Gasteiger partial charge in [-0.3, -0.25) is 0 Å². The molecule has 0 aliphatic rings. The number of methoxy groups -OCH3 is 3. The van der Waals surface area contributed by atoms with Gasteiger partial charge in [0.05, 0.1) is 18.7 Å². The van der Waals surface area contributed by atoms with Crippen LogP contribution in [0.1, 0.15) is 31.4 Å². The van der Waals surface area contributed by atoms with Gasteiger partial charge in [0.1, 0.15) is 5.75 Å². The van der Waals surface area contributed by atoms with E-state index < -0.39 is 5.79 Å². The zero-order chi connectivity index (χ0) is 15.2. The van der Waals surface area contributed by atoms with E-state index in [9.17, 15) is 0 Å². The summed E-state index contributed by atoms with van der Waals surface area (Å²) in [5.41, 5.74) is 1.68. The van der Waals surface area contributed by atoms with Crippen LogP contribution in [0.2, 0.25) is 0 Å². The molecule has 1 aromatic rings. The molecule has 1 atom stereocenters. The second-order valence-electron chi connectivity index (χ2n) is 5.00. The molecular formula is C16H23NO3. The Balaban J connectivity index is 2.82. The maximum absolute atomic E-state index is 9.16. The van der Waals surface area contributed by atoms with Crippen LogP contribution in [0.4, 0.5) is 0 Å². The lowest BCUT2D eigenvalue weighted by molar-refractivity contribution is -0.224. The molecule has 0 aromatic heterocycles. The van der Waals surface area contributed by atoms with Crippen molar-refractivity contribution in [2.45, 2.75) is 32.5 Å². The van der Waals surface area contributed by atoms with E-state index in [1.54, 1.807) is 33.5 Å². The van der Waals surface area contributed by atoms with Gasteiger partial charge in [0.15, 0.2) is 5.79 Å². The Kier molecular flexibility index (Phi) is 6.00. The number of hydrogen-bond donors (Lipinski definition) is 0. The highest BCUT2D eigenvalue weighted by molar-refractivity contribution is 5.42. The molecular weight excluding hydrogens is 254 g/mol. The fourth-order valence-electron chi connectivity index (χ4n) is 2.13. The van der Waals surface area contributed by atoms with Crippen molar-refractivity contribution in [3.05, 3.63) is 29.3 Å². The van der Waals surface area contributed by atoms with Crippen LogP contribution >= 0.6 is 0 Å². The molecule has 1 aromatic carbocycles. The van der Waals surface area contributed by atoms with Crippen LogP contribution in [0.5, 0.6) is 5.75 Å². The highest BCUT2D eigenvalue weighted by atomic mass is 16.7. The Morgan fingerprint density at radius 1 is 1.25 bits per heavy atom. The van der Waals surface area contributed by atoms with Crippen molar-refractivity contribution in [1.82, 2.24) is 0 Å². The van der Waals surface area contributed by atoms with Crippen molar-refractivity contribution in [3.8, 4) is 11.8 Å². The standard InChI is InChI=1S/C16H23NO3/c1-12(16(2,19-4)20-5)6-7-13-10-15(18-3)9-8-14(13)11-17/h8-10,12H,6-7H2,1-5H3. The Morgan fingerprint density at radius 3 is 2.40 bits per heavy atom. The lowest BCUT2D eigenvalue weighted by Gasteiger charge is -2.32. The van der Waals surface area contributed by atoms with Gasteiger partial charge in [-0.05, 0) is 43.5 Å². The van der Waals surface area contributed by atoms with Crippen molar-refractivity contribution in [2.24, 2.45) is 5.92 Å². The van der Waals surface area contributed by atoms with Gasteiger partial charge in [0.2, 0.25) is 0 Å². The molecule has 0 heterocycles. The summed E-state index contributed by atoms with van der Waals surface area (Å²) >= 11 is 0. The normalized spacial score (nSPS) is 12.8. The molecule has 0 amide bonds. The highest BCUT2D eigenvalue weighted by Crippen LogP contribution is 2.27. The van der Waals surface area contributed by atoms with E-state index in [2.05, 4.69) is 13.0 Å². The van der Waals surface area contributed by atoms with Crippen molar-refractivity contribution in [3.63, 3.8) is 0 Å². The van der Waals surface area contributed by atoms with Gasteiger partial charge in [0, 0.05) is 20.1 Å². The van der Waals surface area contributed by atoms with Crippen molar-refractivity contribution >= 4 is 0 Å². The first-order valence-corrected chi connectivity index (χ1v) is 6.68. The topological polar surface area (TPSA) is 51.5 Å². The quantitative estimate of drug-likeness (QED) is 0.718. The molecule has 1 rings (SSSR count). The molecule has 0 aliphatic carbocycles. The van der Waals surface area contributed by atoms with E-state index in [1.807, 2.05) is 13.0 Å². The molecule has 4 heteroatoms. The molecule has 4 nitrogen and oxygen atoms in total. The van der Waals surface area contributed by atoms with Crippen LogP contribution in [-0.2, 0) is 15.9 Å². The van der Waals surface area contributed by atoms with Crippen molar-refractivity contribution in [1.29, 1.82) is 5.26 Å². The molecule has 0 aliphatic heterocycles. The highest BCUT2D eigenvalue weighted by Gasteiger charge is 2.30. The number of nitriles is 1. The Morgan fingerprint density at radius 2 is 1.90 bits per heavy atom. The van der Waals surface area contributed by atoms with Crippen molar-refractivity contribution in [2.75, 3.05) is 21.3 Å². The summed E-state index contributed by atoms with van der Waals surface area (Å²) < 4.78 is 16.1. The average Bonchev–Trinajstić information content (AvgIpc) is 2.51. The van der Waals surface area contributed by atoms with E-state index >= 15 is 0 Å². The number of aryl methyl sites for hydroxylation is 1.